The van der Waals surface area contributed by atoms with Crippen LogP contribution in [0.5, 0.6) is 0 Å². The predicted octanol–water partition coefficient (Wildman–Crippen LogP) is 5.33. The largest absolute Gasteiger partial charge is 0.246 e. The molecule has 0 spiro atoms. The molecule has 0 amide bonds. The van der Waals surface area contributed by atoms with E-state index in [4.69, 9.17) is 0 Å². The molecule has 0 radical (unpaired) electrons. The van der Waals surface area contributed by atoms with Crippen molar-refractivity contribution in [3.63, 3.8) is 0 Å². The maximum atomic E-state index is 12.8. The quantitative estimate of drug-likeness (QED) is 0.476. The van der Waals surface area contributed by atoms with Gasteiger partial charge in [0.2, 0.25) is 0 Å². The molecular weight excluding hydrogens is 211 g/mol. The summed E-state index contributed by atoms with van der Waals surface area (Å²) in [6.45, 7) is 17.7. The summed E-state index contributed by atoms with van der Waals surface area (Å²) in [5, 5.41) is 0. The van der Waals surface area contributed by atoms with Gasteiger partial charge in [-0.15, -0.1) is 6.58 Å². The standard InChI is InChI=1S/C16H27F/c1-7-9-15(14(6)11-17)10-16(12(3)4)13(5)8-2/h8,13,15-16H,2-3,6-7,9-11H2,1,4-5H3/t13-,15-,16+/m1/s1. The molecule has 0 aliphatic heterocycles. The smallest absolute Gasteiger partial charge is 0.111 e. The SMILES string of the molecule is C=C[C@@H](C)[C@@H](C[C@@H](CCC)C(=C)CF)C(=C)C. The molecule has 0 N–H and O–H groups in total. The van der Waals surface area contributed by atoms with Crippen molar-refractivity contribution in [1.29, 1.82) is 0 Å². The Bertz CT molecular complexity index is 265. The molecule has 98 valence electrons. The Morgan fingerprint density at radius 2 is 1.94 bits per heavy atom. The minimum absolute atomic E-state index is 0.272. The number of allylic oxidation sites excluding steroid dienone is 3. The number of alkyl halides is 1. The zero-order valence-corrected chi connectivity index (χ0v) is 11.6. The summed E-state index contributed by atoms with van der Waals surface area (Å²) in [6.07, 6.45) is 4.98. The Balaban J connectivity index is 4.72. The maximum absolute atomic E-state index is 12.8. The van der Waals surface area contributed by atoms with Crippen LogP contribution in [0.25, 0.3) is 0 Å². The summed E-state index contributed by atoms with van der Waals surface area (Å²) in [4.78, 5) is 0. The highest BCUT2D eigenvalue weighted by Crippen LogP contribution is 2.32. The molecule has 0 aliphatic rings. The van der Waals surface area contributed by atoms with Gasteiger partial charge < -0.3 is 0 Å². The molecule has 0 heterocycles. The fourth-order valence-electron chi connectivity index (χ4n) is 2.28. The molecule has 0 bridgehead atoms. The second-order valence-corrected chi connectivity index (χ2v) is 5.06. The van der Waals surface area contributed by atoms with Crippen molar-refractivity contribution >= 4 is 0 Å². The van der Waals surface area contributed by atoms with Gasteiger partial charge in [0.05, 0.1) is 0 Å². The Morgan fingerprint density at radius 1 is 1.35 bits per heavy atom. The molecule has 0 aromatic carbocycles. The van der Waals surface area contributed by atoms with Gasteiger partial charge in [0, 0.05) is 0 Å². The van der Waals surface area contributed by atoms with Crippen LogP contribution in [0.4, 0.5) is 4.39 Å². The van der Waals surface area contributed by atoms with Crippen LogP contribution in [0, 0.1) is 17.8 Å². The zero-order valence-electron chi connectivity index (χ0n) is 11.6. The van der Waals surface area contributed by atoms with Gasteiger partial charge in [0.1, 0.15) is 6.67 Å². The van der Waals surface area contributed by atoms with Crippen molar-refractivity contribution in [2.24, 2.45) is 17.8 Å². The fourth-order valence-corrected chi connectivity index (χ4v) is 2.28. The lowest BCUT2D eigenvalue weighted by atomic mass is 9.78. The third kappa shape index (κ3) is 5.34. The molecule has 0 saturated carbocycles. The van der Waals surface area contributed by atoms with Gasteiger partial charge in [-0.05, 0) is 43.1 Å². The van der Waals surface area contributed by atoms with Crippen LogP contribution in [-0.4, -0.2) is 6.67 Å². The highest BCUT2D eigenvalue weighted by molar-refractivity contribution is 5.08. The van der Waals surface area contributed by atoms with Crippen LogP contribution in [0.3, 0.4) is 0 Å². The molecule has 0 rings (SSSR count). The van der Waals surface area contributed by atoms with Crippen LogP contribution in [0.15, 0.2) is 37.0 Å². The van der Waals surface area contributed by atoms with Gasteiger partial charge in [-0.3, -0.25) is 0 Å². The van der Waals surface area contributed by atoms with E-state index in [1.165, 1.54) is 0 Å². The van der Waals surface area contributed by atoms with Gasteiger partial charge in [0.25, 0.3) is 0 Å². The number of halogens is 1. The van der Waals surface area contributed by atoms with Crippen LogP contribution >= 0.6 is 0 Å². The summed E-state index contributed by atoms with van der Waals surface area (Å²) < 4.78 is 12.8. The van der Waals surface area contributed by atoms with Crippen molar-refractivity contribution in [3.8, 4) is 0 Å². The molecule has 0 aliphatic carbocycles. The highest BCUT2D eigenvalue weighted by Gasteiger charge is 2.22. The maximum Gasteiger partial charge on any atom is 0.111 e. The van der Waals surface area contributed by atoms with Crippen molar-refractivity contribution in [3.05, 3.63) is 37.0 Å². The van der Waals surface area contributed by atoms with E-state index in [1.54, 1.807) is 0 Å². The third-order valence-electron chi connectivity index (χ3n) is 3.56. The zero-order chi connectivity index (χ0) is 13.4. The van der Waals surface area contributed by atoms with Crippen LogP contribution in [0.2, 0.25) is 0 Å². The highest BCUT2D eigenvalue weighted by atomic mass is 19.1. The Kier molecular flexibility index (Phi) is 7.86. The number of hydrogen-bond donors (Lipinski definition) is 0. The summed E-state index contributed by atoms with van der Waals surface area (Å²) in [5.41, 5.74) is 1.89. The van der Waals surface area contributed by atoms with E-state index in [9.17, 15) is 4.39 Å². The van der Waals surface area contributed by atoms with E-state index >= 15 is 0 Å². The Labute approximate surface area is 106 Å². The minimum Gasteiger partial charge on any atom is -0.246 e. The molecule has 0 saturated heterocycles. The van der Waals surface area contributed by atoms with Gasteiger partial charge in [0.15, 0.2) is 0 Å². The first kappa shape index (κ1) is 16.1. The number of hydrogen-bond acceptors (Lipinski definition) is 0. The molecule has 1 heteroatoms. The molecule has 0 aromatic rings. The van der Waals surface area contributed by atoms with Gasteiger partial charge in [-0.25, -0.2) is 4.39 Å². The monoisotopic (exact) mass is 238 g/mol. The molecule has 0 aromatic heterocycles. The number of rotatable bonds is 9. The van der Waals surface area contributed by atoms with E-state index < -0.39 is 6.67 Å². The average Bonchev–Trinajstić information content (AvgIpc) is 2.31. The lowest BCUT2D eigenvalue weighted by Gasteiger charge is -2.27. The molecule has 3 atom stereocenters. The molecule has 17 heavy (non-hydrogen) atoms. The molecule has 0 unspecified atom stereocenters. The van der Waals surface area contributed by atoms with Crippen molar-refractivity contribution < 1.29 is 4.39 Å². The van der Waals surface area contributed by atoms with Gasteiger partial charge >= 0.3 is 0 Å². The normalized spacial score (nSPS) is 16.0. The summed E-state index contributed by atoms with van der Waals surface area (Å²) >= 11 is 0. The van der Waals surface area contributed by atoms with E-state index in [1.807, 2.05) is 13.0 Å². The third-order valence-corrected chi connectivity index (χ3v) is 3.56. The Hall–Kier alpha value is -0.850. The lowest BCUT2D eigenvalue weighted by molar-refractivity contribution is 0.354. The Morgan fingerprint density at radius 3 is 2.29 bits per heavy atom. The average molecular weight is 238 g/mol. The molecule has 0 fully saturated rings. The van der Waals surface area contributed by atoms with Crippen LogP contribution in [-0.2, 0) is 0 Å². The first-order valence-electron chi connectivity index (χ1n) is 6.49. The van der Waals surface area contributed by atoms with E-state index in [0.717, 1.165) is 30.4 Å². The van der Waals surface area contributed by atoms with Gasteiger partial charge in [-0.1, -0.05) is 45.1 Å². The summed E-state index contributed by atoms with van der Waals surface area (Å²) in [5.74, 6) is 1.04. The summed E-state index contributed by atoms with van der Waals surface area (Å²) in [7, 11) is 0. The summed E-state index contributed by atoms with van der Waals surface area (Å²) in [6, 6.07) is 0. The molecular formula is C16H27F. The van der Waals surface area contributed by atoms with Crippen molar-refractivity contribution in [2.75, 3.05) is 6.67 Å². The first-order valence-corrected chi connectivity index (χ1v) is 6.49. The van der Waals surface area contributed by atoms with E-state index in [2.05, 4.69) is 33.6 Å². The van der Waals surface area contributed by atoms with Crippen molar-refractivity contribution in [1.82, 2.24) is 0 Å². The van der Waals surface area contributed by atoms with Crippen molar-refractivity contribution in [2.45, 2.75) is 40.0 Å². The minimum atomic E-state index is -0.407. The van der Waals surface area contributed by atoms with Gasteiger partial charge in [-0.2, -0.15) is 0 Å². The second-order valence-electron chi connectivity index (χ2n) is 5.06. The predicted molar refractivity (Wildman–Crippen MR) is 75.8 cm³/mol. The fraction of sp³-hybridized carbons (Fsp3) is 0.625. The van der Waals surface area contributed by atoms with Crippen LogP contribution in [0.1, 0.15) is 40.0 Å². The lowest BCUT2D eigenvalue weighted by Crippen LogP contribution is -2.17. The second kappa shape index (κ2) is 8.27. The topological polar surface area (TPSA) is 0 Å². The van der Waals surface area contributed by atoms with Crippen LogP contribution < -0.4 is 0 Å². The first-order chi connectivity index (χ1) is 7.97. The molecule has 0 nitrogen and oxygen atoms in total. The van der Waals surface area contributed by atoms with E-state index in [-0.39, 0.29) is 5.92 Å². The van der Waals surface area contributed by atoms with E-state index in [0.29, 0.717) is 11.8 Å².